The zero-order chi connectivity index (χ0) is 25.4. The van der Waals surface area contributed by atoms with Gasteiger partial charge in [0.1, 0.15) is 18.0 Å². The van der Waals surface area contributed by atoms with Crippen molar-refractivity contribution in [2.24, 2.45) is 4.99 Å². The summed E-state index contributed by atoms with van der Waals surface area (Å²) in [7, 11) is -4.09. The van der Waals surface area contributed by atoms with Gasteiger partial charge in [0.2, 0.25) is 5.90 Å². The molecule has 0 radical (unpaired) electrons. The van der Waals surface area contributed by atoms with Crippen LogP contribution in [0.4, 0.5) is 5.69 Å². The number of ether oxygens (including phenoxy) is 2. The number of benzene rings is 4. The molecule has 1 heterocycles. The Hall–Kier alpha value is -3.26. The van der Waals surface area contributed by atoms with Crippen molar-refractivity contribution in [3.05, 3.63) is 93.5 Å². The topological polar surface area (TPSA) is 77.0 Å². The molecule has 1 aliphatic rings. The van der Waals surface area contributed by atoms with Crippen molar-refractivity contribution in [3.8, 4) is 11.5 Å². The number of nitrogens with zero attached hydrogens (tertiary/aromatic N) is 1. The second-order valence-corrected chi connectivity index (χ2v) is 11.0. The van der Waals surface area contributed by atoms with Gasteiger partial charge in [0.05, 0.1) is 17.0 Å². The predicted molar refractivity (Wildman–Crippen MR) is 145 cm³/mol. The first-order chi connectivity index (χ1) is 17.2. The molecule has 1 N–H and O–H groups in total. The van der Waals surface area contributed by atoms with Crippen molar-refractivity contribution in [1.29, 1.82) is 0 Å². The van der Waals surface area contributed by atoms with Crippen LogP contribution in [0.1, 0.15) is 16.7 Å². The molecule has 9 heteroatoms. The van der Waals surface area contributed by atoms with Gasteiger partial charge in [0.15, 0.2) is 5.75 Å². The van der Waals surface area contributed by atoms with Crippen molar-refractivity contribution in [2.45, 2.75) is 18.7 Å². The molecule has 0 bridgehead atoms. The van der Waals surface area contributed by atoms with Gasteiger partial charge in [-0.25, -0.2) is 13.4 Å². The van der Waals surface area contributed by atoms with Crippen molar-refractivity contribution in [1.82, 2.24) is 0 Å². The molecule has 0 spiro atoms. The lowest BCUT2D eigenvalue weighted by molar-refractivity contribution is 0.348. The molecule has 0 unspecified atom stereocenters. The first-order valence-electron chi connectivity index (χ1n) is 11.2. The van der Waals surface area contributed by atoms with E-state index in [0.717, 1.165) is 21.9 Å². The summed E-state index contributed by atoms with van der Waals surface area (Å²) in [6, 6.07) is 19.2. The minimum Gasteiger partial charge on any atom is -0.475 e. The average molecular weight is 541 g/mol. The highest BCUT2D eigenvalue weighted by Crippen LogP contribution is 2.39. The summed E-state index contributed by atoms with van der Waals surface area (Å²) in [5, 5.41) is 2.42. The number of anilines is 1. The second-order valence-electron chi connectivity index (χ2n) is 8.40. The fourth-order valence-corrected chi connectivity index (χ4v) is 5.98. The van der Waals surface area contributed by atoms with Crippen LogP contribution in [0, 0.1) is 13.8 Å². The molecule has 0 aliphatic carbocycles. The molecule has 1 aliphatic heterocycles. The highest BCUT2D eigenvalue weighted by atomic mass is 35.5. The van der Waals surface area contributed by atoms with Crippen molar-refractivity contribution in [3.63, 3.8) is 0 Å². The van der Waals surface area contributed by atoms with E-state index in [0.29, 0.717) is 36.1 Å². The molecule has 6 nitrogen and oxygen atoms in total. The van der Waals surface area contributed by atoms with Crippen LogP contribution in [0.3, 0.4) is 0 Å². The third kappa shape index (κ3) is 4.74. The van der Waals surface area contributed by atoms with Gasteiger partial charge in [-0.05, 0) is 66.8 Å². The Balaban J connectivity index is 1.65. The summed E-state index contributed by atoms with van der Waals surface area (Å²) in [4.78, 5) is 4.31. The van der Waals surface area contributed by atoms with Crippen LogP contribution in [0.5, 0.6) is 11.5 Å². The maximum Gasteiger partial charge on any atom is 0.262 e. The number of sulfonamides is 1. The molecule has 36 heavy (non-hydrogen) atoms. The highest BCUT2D eigenvalue weighted by molar-refractivity contribution is 7.92. The molecule has 0 saturated heterocycles. The molecule has 0 fully saturated rings. The van der Waals surface area contributed by atoms with Crippen molar-refractivity contribution >= 4 is 55.6 Å². The lowest BCUT2D eigenvalue weighted by atomic mass is 10.0. The normalized spacial score (nSPS) is 13.4. The molecule has 0 saturated carbocycles. The molecule has 4 aromatic carbocycles. The molecule has 5 rings (SSSR count). The number of hydrogen-bond donors (Lipinski definition) is 1. The monoisotopic (exact) mass is 540 g/mol. The Kier molecular flexibility index (Phi) is 6.55. The molecule has 0 aromatic heterocycles. The Bertz CT molecular complexity index is 1610. The molecule has 184 valence electrons. The maximum atomic E-state index is 13.4. The minimum atomic E-state index is -4.09. The first kappa shape index (κ1) is 24.4. The highest BCUT2D eigenvalue weighted by Gasteiger charge is 2.25. The van der Waals surface area contributed by atoms with E-state index in [9.17, 15) is 8.42 Å². The summed E-state index contributed by atoms with van der Waals surface area (Å²) in [5.74, 6) is 1.24. The minimum absolute atomic E-state index is 0.0772. The van der Waals surface area contributed by atoms with Crippen LogP contribution in [0.25, 0.3) is 10.8 Å². The third-order valence-corrected chi connectivity index (χ3v) is 7.64. The van der Waals surface area contributed by atoms with E-state index >= 15 is 0 Å². The van der Waals surface area contributed by atoms with E-state index in [1.165, 1.54) is 18.2 Å². The van der Waals surface area contributed by atoms with Crippen LogP contribution >= 0.6 is 23.2 Å². The van der Waals surface area contributed by atoms with Crippen LogP contribution < -0.4 is 9.46 Å². The second kappa shape index (κ2) is 9.65. The SMILES string of the molecule is Cc1ccc(C)c2c(Oc3cccc(C4=NCCO4)c3NS(=O)(=O)c3cc(Cl)cc(Cl)c3)cccc12. The van der Waals surface area contributed by atoms with Crippen molar-refractivity contribution < 1.29 is 17.9 Å². The van der Waals surface area contributed by atoms with Crippen LogP contribution in [0.2, 0.25) is 10.0 Å². The molecule has 4 aromatic rings. The average Bonchev–Trinajstić information content (AvgIpc) is 3.37. The van der Waals surface area contributed by atoms with Gasteiger partial charge >= 0.3 is 0 Å². The van der Waals surface area contributed by atoms with Gasteiger partial charge in [-0.1, -0.05) is 53.5 Å². The summed E-state index contributed by atoms with van der Waals surface area (Å²) >= 11 is 12.2. The van der Waals surface area contributed by atoms with E-state index in [2.05, 4.69) is 15.8 Å². The van der Waals surface area contributed by atoms with Gasteiger partial charge < -0.3 is 9.47 Å². The predicted octanol–water partition coefficient (Wildman–Crippen LogP) is 7.13. The number of halogens is 2. The fourth-order valence-electron chi connectivity index (χ4n) is 4.17. The van der Waals surface area contributed by atoms with E-state index < -0.39 is 10.0 Å². The lowest BCUT2D eigenvalue weighted by Gasteiger charge is -2.19. The number of hydrogen-bond acceptors (Lipinski definition) is 5. The number of para-hydroxylation sites is 1. The van der Waals surface area contributed by atoms with E-state index in [1.54, 1.807) is 18.2 Å². The Labute approximate surface area is 219 Å². The van der Waals surface area contributed by atoms with Crippen LogP contribution in [-0.4, -0.2) is 27.5 Å². The zero-order valence-corrected chi connectivity index (χ0v) is 21.8. The zero-order valence-electron chi connectivity index (χ0n) is 19.5. The standard InChI is InChI=1S/C27H22Cl2N2O4S/c1-16-9-10-17(2)25-21(16)5-3-7-23(25)35-24-8-4-6-22(27-30-11-12-34-27)26(24)31-36(32,33)20-14-18(28)13-19(29)15-20/h3-10,13-15,31H,11-12H2,1-2H3. The Morgan fingerprint density at radius 3 is 2.33 bits per heavy atom. The first-order valence-corrected chi connectivity index (χ1v) is 13.4. The number of aliphatic imine (C=N–C) groups is 1. The van der Waals surface area contributed by atoms with Gasteiger partial charge in [-0.2, -0.15) is 0 Å². The summed E-state index contributed by atoms with van der Waals surface area (Å²) in [6.45, 7) is 4.95. The van der Waals surface area contributed by atoms with E-state index in [1.807, 2.05) is 38.1 Å². The molecule has 0 amide bonds. The lowest BCUT2D eigenvalue weighted by Crippen LogP contribution is -2.17. The van der Waals surface area contributed by atoms with E-state index in [4.69, 9.17) is 32.7 Å². The van der Waals surface area contributed by atoms with Gasteiger partial charge in [-0.3, -0.25) is 4.72 Å². The summed E-state index contributed by atoms with van der Waals surface area (Å²) < 4.78 is 41.6. The quantitative estimate of drug-likeness (QED) is 0.282. The molecular formula is C27H22Cl2N2O4S. The van der Waals surface area contributed by atoms with Gasteiger partial charge in [0, 0.05) is 15.4 Å². The van der Waals surface area contributed by atoms with Crippen LogP contribution in [-0.2, 0) is 14.8 Å². The largest absolute Gasteiger partial charge is 0.475 e. The van der Waals surface area contributed by atoms with Crippen molar-refractivity contribution in [2.75, 3.05) is 17.9 Å². The summed E-state index contributed by atoms with van der Waals surface area (Å²) in [5.41, 5.74) is 2.83. The fraction of sp³-hybridized carbons (Fsp3) is 0.148. The molecule has 0 atom stereocenters. The number of rotatable bonds is 6. The number of aryl methyl sites for hydroxylation is 2. The summed E-state index contributed by atoms with van der Waals surface area (Å²) in [6.07, 6.45) is 0. The Morgan fingerprint density at radius 1 is 0.917 bits per heavy atom. The number of nitrogens with one attached hydrogen (secondary N) is 1. The van der Waals surface area contributed by atoms with E-state index in [-0.39, 0.29) is 20.6 Å². The maximum absolute atomic E-state index is 13.4. The Morgan fingerprint density at radius 2 is 1.61 bits per heavy atom. The van der Waals surface area contributed by atoms with Gasteiger partial charge in [-0.15, -0.1) is 0 Å². The smallest absolute Gasteiger partial charge is 0.262 e. The van der Waals surface area contributed by atoms with Crippen LogP contribution in [0.15, 0.2) is 76.6 Å². The molecular weight excluding hydrogens is 519 g/mol. The third-order valence-electron chi connectivity index (χ3n) is 5.87. The van der Waals surface area contributed by atoms with Gasteiger partial charge in [0.25, 0.3) is 10.0 Å². The number of fused-ring (bicyclic) bond motifs is 1.